The molecule has 0 saturated carbocycles. The molecule has 90 valence electrons. The van der Waals surface area contributed by atoms with E-state index in [-0.39, 0.29) is 17.6 Å². The Balaban J connectivity index is 2.10. The second-order valence-electron chi connectivity index (χ2n) is 4.32. The molecule has 1 amide bonds. The number of amides is 1. The van der Waals surface area contributed by atoms with Gasteiger partial charge in [0.15, 0.2) is 0 Å². The number of halogens is 1. The van der Waals surface area contributed by atoms with Gasteiger partial charge in [0.25, 0.3) is 0 Å². The summed E-state index contributed by atoms with van der Waals surface area (Å²) in [6, 6.07) is 8.28. The number of hydrogen-bond acceptors (Lipinski definition) is 2. The summed E-state index contributed by atoms with van der Waals surface area (Å²) in [7, 11) is 0. The fourth-order valence-corrected chi connectivity index (χ4v) is 2.33. The van der Waals surface area contributed by atoms with E-state index in [0.29, 0.717) is 12.1 Å². The summed E-state index contributed by atoms with van der Waals surface area (Å²) in [5.41, 5.74) is 2.53. The molecular formula is C14H11FN2O. The Bertz CT molecular complexity index is 598. The standard InChI is InChI=1S/C14H11FN2O/c15-10-1-2-11-12(9-3-5-16-6-4-9)8-14(18)17-13(11)7-10/h1-7,12H,8H2,(H,17,18). The van der Waals surface area contributed by atoms with Crippen molar-refractivity contribution >= 4 is 11.6 Å². The van der Waals surface area contributed by atoms with Crippen molar-refractivity contribution in [2.24, 2.45) is 0 Å². The van der Waals surface area contributed by atoms with E-state index in [9.17, 15) is 9.18 Å². The lowest BCUT2D eigenvalue weighted by atomic mass is 9.85. The predicted octanol–water partition coefficient (Wildman–Crippen LogP) is 2.69. The van der Waals surface area contributed by atoms with Crippen molar-refractivity contribution in [3.63, 3.8) is 0 Å². The lowest BCUT2D eigenvalue weighted by Crippen LogP contribution is -2.23. The van der Waals surface area contributed by atoms with E-state index in [2.05, 4.69) is 10.3 Å². The number of aromatic nitrogens is 1. The van der Waals surface area contributed by atoms with Crippen LogP contribution in [0.3, 0.4) is 0 Å². The molecule has 4 heteroatoms. The molecule has 0 spiro atoms. The minimum Gasteiger partial charge on any atom is -0.326 e. The van der Waals surface area contributed by atoms with Crippen LogP contribution in [-0.2, 0) is 4.79 Å². The monoisotopic (exact) mass is 242 g/mol. The third-order valence-corrected chi connectivity index (χ3v) is 3.16. The molecule has 1 aromatic carbocycles. The van der Waals surface area contributed by atoms with E-state index >= 15 is 0 Å². The van der Waals surface area contributed by atoms with Gasteiger partial charge in [0.05, 0.1) is 0 Å². The van der Waals surface area contributed by atoms with Crippen molar-refractivity contribution in [1.82, 2.24) is 4.98 Å². The fraction of sp³-hybridized carbons (Fsp3) is 0.143. The molecule has 0 fully saturated rings. The number of anilines is 1. The quantitative estimate of drug-likeness (QED) is 0.835. The van der Waals surface area contributed by atoms with Gasteiger partial charge in [-0.15, -0.1) is 0 Å². The number of nitrogens with zero attached hydrogens (tertiary/aromatic N) is 1. The highest BCUT2D eigenvalue weighted by Crippen LogP contribution is 2.36. The van der Waals surface area contributed by atoms with Gasteiger partial charge in [0.1, 0.15) is 5.82 Å². The van der Waals surface area contributed by atoms with Crippen molar-refractivity contribution in [1.29, 1.82) is 0 Å². The van der Waals surface area contributed by atoms with E-state index in [0.717, 1.165) is 11.1 Å². The van der Waals surface area contributed by atoms with Crippen LogP contribution in [0.15, 0.2) is 42.7 Å². The minimum atomic E-state index is -0.343. The lowest BCUT2D eigenvalue weighted by molar-refractivity contribution is -0.116. The molecule has 3 nitrogen and oxygen atoms in total. The smallest absolute Gasteiger partial charge is 0.225 e. The summed E-state index contributed by atoms with van der Waals surface area (Å²) in [6.45, 7) is 0. The van der Waals surface area contributed by atoms with Gasteiger partial charge >= 0.3 is 0 Å². The molecule has 1 aromatic heterocycles. The van der Waals surface area contributed by atoms with E-state index in [1.165, 1.54) is 12.1 Å². The average molecular weight is 242 g/mol. The van der Waals surface area contributed by atoms with Crippen LogP contribution in [0.1, 0.15) is 23.5 Å². The number of pyridine rings is 1. The maximum absolute atomic E-state index is 13.2. The summed E-state index contributed by atoms with van der Waals surface area (Å²) in [6.07, 6.45) is 3.78. The first-order chi connectivity index (χ1) is 8.74. The first-order valence-electron chi connectivity index (χ1n) is 5.73. The van der Waals surface area contributed by atoms with Gasteiger partial charge in [0.2, 0.25) is 5.91 Å². The third-order valence-electron chi connectivity index (χ3n) is 3.16. The maximum Gasteiger partial charge on any atom is 0.225 e. The predicted molar refractivity (Wildman–Crippen MR) is 65.7 cm³/mol. The largest absolute Gasteiger partial charge is 0.326 e. The van der Waals surface area contributed by atoms with Gasteiger partial charge in [0, 0.05) is 30.4 Å². The van der Waals surface area contributed by atoms with Crippen molar-refractivity contribution < 1.29 is 9.18 Å². The van der Waals surface area contributed by atoms with Crippen molar-refractivity contribution in [2.75, 3.05) is 5.32 Å². The van der Waals surface area contributed by atoms with Crippen LogP contribution in [-0.4, -0.2) is 10.9 Å². The molecule has 0 saturated heterocycles. The zero-order valence-corrected chi connectivity index (χ0v) is 9.56. The van der Waals surface area contributed by atoms with E-state index < -0.39 is 0 Å². The first-order valence-corrected chi connectivity index (χ1v) is 5.73. The molecule has 3 rings (SSSR count). The molecule has 1 N–H and O–H groups in total. The average Bonchev–Trinajstić information content (AvgIpc) is 2.38. The summed E-state index contributed by atoms with van der Waals surface area (Å²) >= 11 is 0. The normalized spacial score (nSPS) is 18.1. The SMILES string of the molecule is O=C1CC(c2ccncc2)c2ccc(F)cc2N1. The van der Waals surface area contributed by atoms with Gasteiger partial charge in [-0.25, -0.2) is 4.39 Å². The van der Waals surface area contributed by atoms with Gasteiger partial charge in [-0.3, -0.25) is 9.78 Å². The summed E-state index contributed by atoms with van der Waals surface area (Å²) < 4.78 is 13.2. The topological polar surface area (TPSA) is 42.0 Å². The second kappa shape index (κ2) is 4.22. The number of carbonyl (C=O) groups excluding carboxylic acids is 1. The van der Waals surface area contributed by atoms with E-state index in [1.807, 2.05) is 12.1 Å². The van der Waals surface area contributed by atoms with Gasteiger partial charge in [-0.05, 0) is 35.4 Å². The van der Waals surface area contributed by atoms with Gasteiger partial charge in [-0.1, -0.05) is 6.07 Å². The summed E-state index contributed by atoms with van der Waals surface area (Å²) in [5.74, 6) is -0.461. The maximum atomic E-state index is 13.2. The molecule has 1 aliphatic rings. The van der Waals surface area contributed by atoms with E-state index in [4.69, 9.17) is 0 Å². The number of rotatable bonds is 1. The van der Waals surface area contributed by atoms with Crippen LogP contribution in [0.5, 0.6) is 0 Å². The van der Waals surface area contributed by atoms with Crippen molar-refractivity contribution in [2.45, 2.75) is 12.3 Å². The fourth-order valence-electron chi connectivity index (χ4n) is 2.33. The Morgan fingerprint density at radius 3 is 2.78 bits per heavy atom. The van der Waals surface area contributed by atoms with Crippen LogP contribution in [0.4, 0.5) is 10.1 Å². The Morgan fingerprint density at radius 2 is 2.00 bits per heavy atom. The Hall–Kier alpha value is -2.23. The number of fused-ring (bicyclic) bond motifs is 1. The summed E-state index contributed by atoms with van der Waals surface area (Å²) in [4.78, 5) is 15.6. The number of carbonyl (C=O) groups is 1. The van der Waals surface area contributed by atoms with Crippen molar-refractivity contribution in [3.05, 3.63) is 59.7 Å². The Morgan fingerprint density at radius 1 is 1.22 bits per heavy atom. The van der Waals surface area contributed by atoms with Crippen LogP contribution >= 0.6 is 0 Å². The molecular weight excluding hydrogens is 231 g/mol. The first kappa shape index (κ1) is 10.9. The Labute approximate surface area is 104 Å². The molecule has 1 aliphatic heterocycles. The molecule has 0 aliphatic carbocycles. The van der Waals surface area contributed by atoms with Gasteiger partial charge in [-0.2, -0.15) is 0 Å². The minimum absolute atomic E-state index is 0.0302. The van der Waals surface area contributed by atoms with Crippen LogP contribution < -0.4 is 5.32 Å². The number of hydrogen-bond donors (Lipinski definition) is 1. The van der Waals surface area contributed by atoms with Crippen LogP contribution in [0, 0.1) is 5.82 Å². The zero-order chi connectivity index (χ0) is 12.5. The molecule has 0 bridgehead atoms. The molecule has 0 radical (unpaired) electrons. The number of nitrogens with one attached hydrogen (secondary N) is 1. The highest BCUT2D eigenvalue weighted by atomic mass is 19.1. The van der Waals surface area contributed by atoms with Gasteiger partial charge < -0.3 is 5.32 Å². The molecule has 1 atom stereocenters. The highest BCUT2D eigenvalue weighted by Gasteiger charge is 2.26. The molecule has 2 heterocycles. The number of benzene rings is 1. The summed E-state index contributed by atoms with van der Waals surface area (Å²) in [5, 5.41) is 2.71. The Kier molecular flexibility index (Phi) is 2.55. The van der Waals surface area contributed by atoms with Crippen LogP contribution in [0.25, 0.3) is 0 Å². The van der Waals surface area contributed by atoms with E-state index in [1.54, 1.807) is 18.5 Å². The van der Waals surface area contributed by atoms with Crippen LogP contribution in [0.2, 0.25) is 0 Å². The second-order valence-corrected chi connectivity index (χ2v) is 4.32. The molecule has 1 unspecified atom stereocenters. The lowest BCUT2D eigenvalue weighted by Gasteiger charge is -2.25. The highest BCUT2D eigenvalue weighted by molar-refractivity contribution is 5.95. The third kappa shape index (κ3) is 1.86. The zero-order valence-electron chi connectivity index (χ0n) is 9.56. The molecule has 2 aromatic rings. The molecule has 18 heavy (non-hydrogen) atoms. The van der Waals surface area contributed by atoms with Crippen molar-refractivity contribution in [3.8, 4) is 0 Å².